The lowest BCUT2D eigenvalue weighted by atomic mass is 9.91. The number of alkyl halides is 1. The molecule has 0 amide bonds. The van der Waals surface area contributed by atoms with Crippen LogP contribution in [0.15, 0.2) is 43.5 Å². The number of carbonyl (C=O) groups excluding carboxylic acids is 2. The molecule has 0 fully saturated rings. The highest BCUT2D eigenvalue weighted by Crippen LogP contribution is 2.34. The lowest BCUT2D eigenvalue weighted by Crippen LogP contribution is -2.35. The van der Waals surface area contributed by atoms with Crippen molar-refractivity contribution in [1.29, 1.82) is 0 Å². The molecule has 8 heteroatoms. The first kappa shape index (κ1) is 20.0. The number of carbonyl (C=O) groups is 2. The molecule has 25 heavy (non-hydrogen) atoms. The monoisotopic (exact) mass is 444 g/mol. The van der Waals surface area contributed by atoms with E-state index >= 15 is 0 Å². The number of Topliss-reactive ketones (excluding diaryl/α,β-unsaturated/α-hetero) is 2. The molecule has 5 nitrogen and oxygen atoms in total. The Bertz CT molecular complexity index is 783. The maximum Gasteiger partial charge on any atom is 0.177 e. The first-order valence-electron chi connectivity index (χ1n) is 7.58. The van der Waals surface area contributed by atoms with E-state index in [-0.39, 0.29) is 17.1 Å². The molecule has 1 aromatic heterocycles. The Morgan fingerprint density at radius 1 is 1.56 bits per heavy atom. The maximum absolute atomic E-state index is 12.7. The average molecular weight is 446 g/mol. The second-order valence-corrected chi connectivity index (χ2v) is 7.66. The van der Waals surface area contributed by atoms with Gasteiger partial charge >= 0.3 is 0 Å². The van der Waals surface area contributed by atoms with E-state index in [0.717, 1.165) is 10.2 Å². The summed E-state index contributed by atoms with van der Waals surface area (Å²) in [5, 5.41) is 7.70. The molecule has 0 aliphatic carbocycles. The lowest BCUT2D eigenvalue weighted by Gasteiger charge is -2.27. The van der Waals surface area contributed by atoms with Crippen LogP contribution in [0.25, 0.3) is 0 Å². The highest BCUT2D eigenvalue weighted by Gasteiger charge is 2.34. The van der Waals surface area contributed by atoms with Crippen LogP contribution in [0, 0.1) is 12.8 Å². The minimum Gasteiger partial charge on any atom is -0.361 e. The zero-order valence-corrected chi connectivity index (χ0v) is 17.2. The van der Waals surface area contributed by atoms with Crippen molar-refractivity contribution in [3.05, 3.63) is 50.5 Å². The highest BCUT2D eigenvalue weighted by atomic mass is 79.9. The van der Waals surface area contributed by atoms with E-state index in [9.17, 15) is 9.59 Å². The minimum atomic E-state index is -0.452. The van der Waals surface area contributed by atoms with Crippen LogP contribution in [0.2, 0.25) is 0 Å². The van der Waals surface area contributed by atoms with Crippen LogP contribution < -0.4 is 5.32 Å². The Morgan fingerprint density at radius 3 is 2.84 bits per heavy atom. The summed E-state index contributed by atoms with van der Waals surface area (Å²) in [7, 11) is 0. The molecule has 1 aliphatic heterocycles. The van der Waals surface area contributed by atoms with Gasteiger partial charge in [0.15, 0.2) is 11.6 Å². The van der Waals surface area contributed by atoms with Crippen LogP contribution in [0.5, 0.6) is 0 Å². The van der Waals surface area contributed by atoms with Crippen LogP contribution in [-0.4, -0.2) is 22.6 Å². The molecule has 2 rings (SSSR count). The van der Waals surface area contributed by atoms with Crippen molar-refractivity contribution < 1.29 is 14.1 Å². The molecule has 0 spiro atoms. The van der Waals surface area contributed by atoms with Gasteiger partial charge in [0.2, 0.25) is 0 Å². The lowest BCUT2D eigenvalue weighted by molar-refractivity contribution is -0.122. The SMILES string of the molecule is CC(=O)C1=C(SCc2cc(C)on2)N/C(=C(Br)/C=C\CCl)C(C)C1=O. The van der Waals surface area contributed by atoms with Gasteiger partial charge in [-0.15, -0.1) is 23.4 Å². The number of aromatic nitrogens is 1. The van der Waals surface area contributed by atoms with Crippen molar-refractivity contribution in [3.63, 3.8) is 0 Å². The van der Waals surface area contributed by atoms with Gasteiger partial charge in [-0.25, -0.2) is 0 Å². The molecule has 1 N–H and O–H groups in total. The van der Waals surface area contributed by atoms with Crippen LogP contribution in [0.4, 0.5) is 0 Å². The van der Waals surface area contributed by atoms with Gasteiger partial charge in [-0.05, 0) is 42.8 Å². The second kappa shape index (κ2) is 8.87. The smallest absolute Gasteiger partial charge is 0.177 e. The fraction of sp³-hybridized carbons (Fsp3) is 0.353. The Labute approximate surface area is 164 Å². The van der Waals surface area contributed by atoms with Crippen molar-refractivity contribution in [2.75, 3.05) is 5.88 Å². The van der Waals surface area contributed by atoms with Gasteiger partial charge in [-0.2, -0.15) is 0 Å². The van der Waals surface area contributed by atoms with Crippen molar-refractivity contribution in [2.45, 2.75) is 26.5 Å². The summed E-state index contributed by atoms with van der Waals surface area (Å²) in [5.41, 5.74) is 1.65. The fourth-order valence-corrected chi connectivity index (χ4v) is 4.05. The Morgan fingerprint density at radius 2 is 2.28 bits per heavy atom. The molecule has 1 aromatic rings. The van der Waals surface area contributed by atoms with Crippen LogP contribution in [0.1, 0.15) is 25.3 Å². The summed E-state index contributed by atoms with van der Waals surface area (Å²) in [6.45, 7) is 4.98. The fourth-order valence-electron chi connectivity index (χ4n) is 2.33. The van der Waals surface area contributed by atoms with E-state index in [1.54, 1.807) is 19.1 Å². The molecule has 134 valence electrons. The number of allylic oxidation sites excluding steroid dienone is 5. The van der Waals surface area contributed by atoms with Crippen LogP contribution >= 0.6 is 39.3 Å². The summed E-state index contributed by atoms with van der Waals surface area (Å²) in [6, 6.07) is 1.82. The third-order valence-corrected chi connectivity index (χ3v) is 5.46. The number of hydrogen-bond acceptors (Lipinski definition) is 6. The van der Waals surface area contributed by atoms with Crippen molar-refractivity contribution in [2.24, 2.45) is 5.92 Å². The molecule has 0 aromatic carbocycles. The molecule has 1 atom stereocenters. The quantitative estimate of drug-likeness (QED) is 0.522. The van der Waals surface area contributed by atoms with Gasteiger partial charge in [0.1, 0.15) is 5.76 Å². The number of thioether (sulfide) groups is 1. The zero-order valence-electron chi connectivity index (χ0n) is 14.1. The van der Waals surface area contributed by atoms with Crippen LogP contribution in [0.3, 0.4) is 0 Å². The molecule has 1 aliphatic rings. The first-order chi connectivity index (χ1) is 11.8. The highest BCUT2D eigenvalue weighted by molar-refractivity contribution is 9.11. The summed E-state index contributed by atoms with van der Waals surface area (Å²) < 4.78 is 5.78. The second-order valence-electron chi connectivity index (χ2n) is 5.51. The molecular weight excluding hydrogens is 428 g/mol. The van der Waals surface area contributed by atoms with E-state index < -0.39 is 5.92 Å². The van der Waals surface area contributed by atoms with Crippen molar-refractivity contribution >= 4 is 50.9 Å². The minimum absolute atomic E-state index is 0.197. The predicted octanol–water partition coefficient (Wildman–Crippen LogP) is 4.23. The summed E-state index contributed by atoms with van der Waals surface area (Å²) in [6.07, 6.45) is 3.56. The number of hydrogen-bond donors (Lipinski definition) is 1. The normalized spacial score (nSPS) is 20.2. The van der Waals surface area contributed by atoms with E-state index in [4.69, 9.17) is 16.1 Å². The Balaban J connectivity index is 2.35. The Kier molecular flexibility index (Phi) is 7.10. The van der Waals surface area contributed by atoms with Crippen molar-refractivity contribution in [1.82, 2.24) is 10.5 Å². The van der Waals surface area contributed by atoms with E-state index in [1.165, 1.54) is 18.7 Å². The third-order valence-electron chi connectivity index (χ3n) is 3.55. The molecule has 0 saturated carbocycles. The van der Waals surface area contributed by atoms with Gasteiger partial charge in [0, 0.05) is 27.9 Å². The standard InChI is InChI=1S/C17H18BrClN2O3S/c1-9-7-12(21-24-9)8-25-17-14(11(3)22)16(23)10(2)15(20-17)13(18)5-4-6-19/h4-5,7,10,20H,6,8H2,1-3H3/b5-4-,15-13-. The van der Waals surface area contributed by atoms with Gasteiger partial charge in [0.05, 0.1) is 22.2 Å². The van der Waals surface area contributed by atoms with Crippen LogP contribution in [-0.2, 0) is 15.3 Å². The molecule has 2 heterocycles. The molecule has 0 saturated heterocycles. The molecule has 1 unspecified atom stereocenters. The van der Waals surface area contributed by atoms with Crippen molar-refractivity contribution in [3.8, 4) is 0 Å². The van der Waals surface area contributed by atoms with Gasteiger partial charge < -0.3 is 9.84 Å². The predicted molar refractivity (Wildman–Crippen MR) is 103 cm³/mol. The number of ketones is 2. The maximum atomic E-state index is 12.7. The summed E-state index contributed by atoms with van der Waals surface area (Å²) in [4.78, 5) is 24.7. The zero-order chi connectivity index (χ0) is 18.6. The first-order valence-corrected chi connectivity index (χ1v) is 9.90. The molecule has 0 bridgehead atoms. The van der Waals surface area contributed by atoms with Gasteiger partial charge in [-0.1, -0.05) is 11.2 Å². The number of aryl methyl sites for hydroxylation is 1. The van der Waals surface area contributed by atoms with E-state index in [0.29, 0.717) is 28.1 Å². The van der Waals surface area contributed by atoms with Gasteiger partial charge in [0.25, 0.3) is 0 Å². The third kappa shape index (κ3) is 4.86. The number of rotatable bonds is 6. The summed E-state index contributed by atoms with van der Waals surface area (Å²) in [5.74, 6) is 0.664. The number of nitrogens with zero attached hydrogens (tertiary/aromatic N) is 1. The molecule has 0 radical (unpaired) electrons. The van der Waals surface area contributed by atoms with E-state index in [2.05, 4.69) is 26.4 Å². The average Bonchev–Trinajstić information content (AvgIpc) is 2.98. The number of halogens is 2. The number of nitrogens with one attached hydrogen (secondary N) is 1. The molecular formula is C17H18BrClN2O3S. The Hall–Kier alpha value is -1.31. The van der Waals surface area contributed by atoms with E-state index in [1.807, 2.05) is 13.0 Å². The summed E-state index contributed by atoms with van der Waals surface area (Å²) >= 11 is 10.5. The van der Waals surface area contributed by atoms with Gasteiger partial charge in [-0.3, -0.25) is 9.59 Å². The topological polar surface area (TPSA) is 72.2 Å². The largest absolute Gasteiger partial charge is 0.361 e.